The fraction of sp³-hybridized carbons (Fsp3) is 0.714. The van der Waals surface area contributed by atoms with Gasteiger partial charge in [-0.25, -0.2) is 4.98 Å². The van der Waals surface area contributed by atoms with E-state index in [1.54, 1.807) is 20.8 Å². The molecule has 1 aromatic heterocycles. The predicted molar refractivity (Wildman–Crippen MR) is 55.0 cm³/mol. The Balaban J connectivity index is 2.51. The first-order chi connectivity index (χ1) is 6.79. The normalized spacial score (nSPS) is 13.0. The number of nitrogens with one attached hydrogen (secondary N) is 3. The molecule has 0 aliphatic carbocycles. The Hall–Kier alpha value is -0.990. The van der Waals surface area contributed by atoms with Crippen molar-refractivity contribution < 1.29 is 8.42 Å². The van der Waals surface area contributed by atoms with Crippen LogP contribution in [0.4, 0.5) is 0 Å². The monoisotopic (exact) mass is 233 g/mol. The average Bonchev–Trinajstić information content (AvgIpc) is 2.47. The second kappa shape index (κ2) is 4.25. The van der Waals surface area contributed by atoms with Gasteiger partial charge in [0.1, 0.15) is 12.2 Å². The van der Waals surface area contributed by atoms with Gasteiger partial charge in [-0.3, -0.25) is 5.10 Å². The first kappa shape index (κ1) is 12.1. The molecule has 3 N–H and O–H groups in total. The summed E-state index contributed by atoms with van der Waals surface area (Å²) in [6, 6.07) is 0. The SMILES string of the molecule is CC(C)(C)NS(=O)(=O)NCc1ncn[nH]1. The molecule has 0 radical (unpaired) electrons. The molecule has 0 amide bonds. The van der Waals surface area contributed by atoms with Crippen molar-refractivity contribution in [2.45, 2.75) is 32.9 Å². The van der Waals surface area contributed by atoms with E-state index in [-0.39, 0.29) is 6.54 Å². The Morgan fingerprint density at radius 2 is 2.13 bits per heavy atom. The van der Waals surface area contributed by atoms with Crippen LogP contribution in [0.15, 0.2) is 6.33 Å². The molecule has 15 heavy (non-hydrogen) atoms. The lowest BCUT2D eigenvalue weighted by atomic mass is 10.1. The molecule has 0 unspecified atom stereocenters. The minimum Gasteiger partial charge on any atom is -0.262 e. The molecular weight excluding hydrogens is 218 g/mol. The fourth-order valence-corrected chi connectivity index (χ4v) is 2.12. The summed E-state index contributed by atoms with van der Waals surface area (Å²) in [4.78, 5) is 3.79. The van der Waals surface area contributed by atoms with Crippen molar-refractivity contribution in [1.29, 1.82) is 0 Å². The molecule has 1 rings (SSSR count). The van der Waals surface area contributed by atoms with Crippen LogP contribution in [0.2, 0.25) is 0 Å². The Bertz CT molecular complexity index is 392. The molecule has 0 spiro atoms. The highest BCUT2D eigenvalue weighted by Crippen LogP contribution is 2.00. The van der Waals surface area contributed by atoms with E-state index in [0.717, 1.165) is 0 Å². The lowest BCUT2D eigenvalue weighted by molar-refractivity contribution is 0.483. The second-order valence-corrected chi connectivity index (χ2v) is 5.61. The van der Waals surface area contributed by atoms with Gasteiger partial charge >= 0.3 is 0 Å². The summed E-state index contributed by atoms with van der Waals surface area (Å²) in [5.74, 6) is 0.467. The number of nitrogens with zero attached hydrogens (tertiary/aromatic N) is 2. The molecule has 7 nitrogen and oxygen atoms in total. The van der Waals surface area contributed by atoms with Gasteiger partial charge in [-0.15, -0.1) is 0 Å². The van der Waals surface area contributed by atoms with E-state index in [2.05, 4.69) is 24.6 Å². The number of aromatic amines is 1. The largest absolute Gasteiger partial charge is 0.277 e. The van der Waals surface area contributed by atoms with Gasteiger partial charge in [-0.05, 0) is 20.8 Å². The van der Waals surface area contributed by atoms with Crippen LogP contribution in [0.25, 0.3) is 0 Å². The van der Waals surface area contributed by atoms with Crippen molar-refractivity contribution in [3.05, 3.63) is 12.2 Å². The van der Waals surface area contributed by atoms with Crippen LogP contribution in [0.3, 0.4) is 0 Å². The molecule has 1 aromatic rings. The van der Waals surface area contributed by atoms with Crippen molar-refractivity contribution in [1.82, 2.24) is 24.6 Å². The quantitative estimate of drug-likeness (QED) is 0.654. The Morgan fingerprint density at radius 3 is 2.60 bits per heavy atom. The zero-order chi connectivity index (χ0) is 11.5. The molecular formula is C7H15N5O2S. The van der Waals surface area contributed by atoms with Crippen LogP contribution in [0.5, 0.6) is 0 Å². The van der Waals surface area contributed by atoms with E-state index in [9.17, 15) is 8.42 Å². The molecule has 0 aliphatic rings. The molecule has 0 saturated carbocycles. The molecule has 0 bridgehead atoms. The van der Waals surface area contributed by atoms with Crippen LogP contribution < -0.4 is 9.44 Å². The number of hydrogen-bond donors (Lipinski definition) is 3. The summed E-state index contributed by atoms with van der Waals surface area (Å²) in [6.45, 7) is 5.38. The van der Waals surface area contributed by atoms with Crippen LogP contribution in [-0.2, 0) is 16.8 Å². The lowest BCUT2D eigenvalue weighted by Crippen LogP contribution is -2.46. The fourth-order valence-electron chi connectivity index (χ4n) is 0.919. The van der Waals surface area contributed by atoms with Crippen LogP contribution in [0.1, 0.15) is 26.6 Å². The van der Waals surface area contributed by atoms with E-state index in [0.29, 0.717) is 5.82 Å². The molecule has 86 valence electrons. The number of aromatic nitrogens is 3. The van der Waals surface area contributed by atoms with E-state index in [1.165, 1.54) is 6.33 Å². The standard InChI is InChI=1S/C7H15N5O2S/c1-7(2,3)12-15(13,14)10-4-6-8-5-9-11-6/h5,10,12H,4H2,1-3H3,(H,8,9,11). The third-order valence-corrected chi connectivity index (χ3v) is 2.74. The van der Waals surface area contributed by atoms with E-state index in [1.807, 2.05) is 0 Å². The Kier molecular flexibility index (Phi) is 3.42. The van der Waals surface area contributed by atoms with Gasteiger partial charge in [0.2, 0.25) is 0 Å². The highest BCUT2D eigenvalue weighted by atomic mass is 32.2. The van der Waals surface area contributed by atoms with Crippen LogP contribution in [-0.4, -0.2) is 29.1 Å². The summed E-state index contributed by atoms with van der Waals surface area (Å²) in [7, 11) is -3.50. The number of rotatable bonds is 4. The van der Waals surface area contributed by atoms with Gasteiger partial charge in [-0.2, -0.15) is 23.0 Å². The maximum absolute atomic E-state index is 11.5. The molecule has 8 heteroatoms. The third kappa shape index (κ3) is 4.86. The van der Waals surface area contributed by atoms with Crippen LogP contribution >= 0.6 is 0 Å². The lowest BCUT2D eigenvalue weighted by Gasteiger charge is -2.20. The summed E-state index contributed by atoms with van der Waals surface area (Å²) in [5, 5.41) is 6.16. The maximum Gasteiger partial charge on any atom is 0.277 e. The Morgan fingerprint density at radius 1 is 1.47 bits per heavy atom. The molecule has 0 aliphatic heterocycles. The predicted octanol–water partition coefficient (Wildman–Crippen LogP) is -0.473. The van der Waals surface area contributed by atoms with Gasteiger partial charge in [0.15, 0.2) is 0 Å². The molecule has 0 aromatic carbocycles. The molecule has 0 fully saturated rings. The summed E-state index contributed by atoms with van der Waals surface area (Å²) < 4.78 is 27.7. The van der Waals surface area contributed by atoms with Gasteiger partial charge in [0.05, 0.1) is 6.54 Å². The third-order valence-electron chi connectivity index (χ3n) is 1.34. The highest BCUT2D eigenvalue weighted by Gasteiger charge is 2.19. The van der Waals surface area contributed by atoms with Crippen molar-refractivity contribution >= 4 is 10.2 Å². The highest BCUT2D eigenvalue weighted by molar-refractivity contribution is 7.87. The van der Waals surface area contributed by atoms with Crippen molar-refractivity contribution in [2.75, 3.05) is 0 Å². The van der Waals surface area contributed by atoms with Gasteiger partial charge in [-0.1, -0.05) is 0 Å². The zero-order valence-corrected chi connectivity index (χ0v) is 9.72. The van der Waals surface area contributed by atoms with Crippen LogP contribution in [0, 0.1) is 0 Å². The van der Waals surface area contributed by atoms with E-state index < -0.39 is 15.7 Å². The summed E-state index contributed by atoms with van der Waals surface area (Å²) in [5.41, 5.74) is -0.507. The maximum atomic E-state index is 11.5. The first-order valence-electron chi connectivity index (χ1n) is 4.41. The number of hydrogen-bond acceptors (Lipinski definition) is 4. The molecule has 0 saturated heterocycles. The molecule has 1 heterocycles. The smallest absolute Gasteiger partial charge is 0.262 e. The average molecular weight is 233 g/mol. The van der Waals surface area contributed by atoms with Gasteiger partial charge in [0, 0.05) is 5.54 Å². The van der Waals surface area contributed by atoms with E-state index in [4.69, 9.17) is 0 Å². The Labute approximate surface area is 88.9 Å². The van der Waals surface area contributed by atoms with Gasteiger partial charge in [0.25, 0.3) is 10.2 Å². The summed E-state index contributed by atoms with van der Waals surface area (Å²) in [6.07, 6.45) is 1.32. The van der Waals surface area contributed by atoms with Crippen molar-refractivity contribution in [3.8, 4) is 0 Å². The van der Waals surface area contributed by atoms with Gasteiger partial charge < -0.3 is 0 Å². The zero-order valence-electron chi connectivity index (χ0n) is 8.90. The molecule has 0 atom stereocenters. The number of H-pyrrole nitrogens is 1. The topological polar surface area (TPSA) is 99.8 Å². The second-order valence-electron chi connectivity index (χ2n) is 4.11. The minimum atomic E-state index is -3.50. The first-order valence-corrected chi connectivity index (χ1v) is 5.90. The van der Waals surface area contributed by atoms with Crippen molar-refractivity contribution in [3.63, 3.8) is 0 Å². The summed E-state index contributed by atoms with van der Waals surface area (Å²) >= 11 is 0. The van der Waals surface area contributed by atoms with Crippen molar-refractivity contribution in [2.24, 2.45) is 0 Å². The minimum absolute atomic E-state index is 0.0887. The van der Waals surface area contributed by atoms with E-state index >= 15 is 0 Å².